The third kappa shape index (κ3) is 4.24. The zero-order valence-corrected chi connectivity index (χ0v) is 17.6. The van der Waals surface area contributed by atoms with Crippen LogP contribution in [0, 0.1) is 0 Å². The first-order valence-electron chi connectivity index (χ1n) is 10.3. The minimum Gasteiger partial charge on any atom is -0.350 e. The number of hydrogen-bond donors (Lipinski definition) is 2. The zero-order valence-electron chi connectivity index (χ0n) is 16.8. The quantitative estimate of drug-likeness (QED) is 0.741. The second kappa shape index (κ2) is 8.30. The van der Waals surface area contributed by atoms with Gasteiger partial charge in [0.25, 0.3) is 5.91 Å². The Balaban J connectivity index is 1.43. The van der Waals surface area contributed by atoms with Crippen LogP contribution in [0.25, 0.3) is 0 Å². The maximum absolute atomic E-state index is 12.8. The lowest BCUT2D eigenvalue weighted by Crippen LogP contribution is -3.11. The van der Waals surface area contributed by atoms with Gasteiger partial charge in [-0.1, -0.05) is 6.07 Å². The predicted octanol–water partition coefficient (Wildman–Crippen LogP) is 1.17. The molecule has 156 valence electrons. The molecule has 1 unspecified atom stereocenters. The number of rotatable bonds is 6. The van der Waals surface area contributed by atoms with Crippen molar-refractivity contribution >= 4 is 21.6 Å². The molecule has 1 aromatic carbocycles. The number of hydrogen-bond acceptors (Lipinski definition) is 3. The smallest absolute Gasteiger partial charge is 0.279 e. The van der Waals surface area contributed by atoms with Gasteiger partial charge in [0.2, 0.25) is 10.0 Å². The number of benzene rings is 1. The Morgan fingerprint density at radius 1 is 1.17 bits per heavy atom. The maximum atomic E-state index is 12.8. The molecule has 0 aliphatic carbocycles. The molecule has 2 atom stereocenters. The minimum absolute atomic E-state index is 0.0863. The monoisotopic (exact) mass is 417 g/mol. The number of amides is 1. The topological polar surface area (TPSA) is 75.8 Å². The molecule has 3 heterocycles. The van der Waals surface area contributed by atoms with Crippen LogP contribution in [0.4, 0.5) is 5.69 Å². The zero-order chi connectivity index (χ0) is 20.4. The fraction of sp³-hybridized carbons (Fsp3) is 0.476. The summed E-state index contributed by atoms with van der Waals surface area (Å²) in [6.45, 7) is 2.47. The lowest BCUT2D eigenvalue weighted by atomic mass is 10.1. The fourth-order valence-electron chi connectivity index (χ4n) is 4.54. The molecular formula is C21H29N4O3S+. The Hall–Kier alpha value is -2.16. The van der Waals surface area contributed by atoms with Gasteiger partial charge >= 0.3 is 0 Å². The number of nitrogens with zero attached hydrogens (tertiary/aromatic N) is 2. The van der Waals surface area contributed by atoms with Crippen molar-refractivity contribution < 1.29 is 18.1 Å². The van der Waals surface area contributed by atoms with Gasteiger partial charge in [-0.15, -0.1) is 0 Å². The molecule has 2 N–H and O–H groups in total. The first-order chi connectivity index (χ1) is 13.9. The molecule has 4 rings (SSSR count). The average molecular weight is 418 g/mol. The highest BCUT2D eigenvalue weighted by atomic mass is 32.2. The van der Waals surface area contributed by atoms with Crippen LogP contribution in [0.15, 0.2) is 47.5 Å². The number of aryl methyl sites for hydroxylation is 1. The molecule has 2 fully saturated rings. The molecule has 1 amide bonds. The fourth-order valence-corrected chi connectivity index (χ4v) is 6.10. The number of nitrogens with one attached hydrogen (secondary N) is 2. The molecule has 2 aliphatic rings. The van der Waals surface area contributed by atoms with E-state index >= 15 is 0 Å². The summed E-state index contributed by atoms with van der Waals surface area (Å²) >= 11 is 0. The van der Waals surface area contributed by atoms with E-state index in [4.69, 9.17) is 0 Å². The molecule has 0 spiro atoms. The van der Waals surface area contributed by atoms with Crippen LogP contribution in [0.2, 0.25) is 0 Å². The first kappa shape index (κ1) is 20.1. The molecule has 0 radical (unpaired) electrons. The molecule has 2 saturated heterocycles. The highest BCUT2D eigenvalue weighted by molar-refractivity contribution is 7.89. The summed E-state index contributed by atoms with van der Waals surface area (Å²) < 4.78 is 29.2. The van der Waals surface area contributed by atoms with Crippen molar-refractivity contribution in [2.75, 3.05) is 31.5 Å². The number of sulfonamides is 1. The Kier molecular flexibility index (Phi) is 5.76. The van der Waals surface area contributed by atoms with Crippen molar-refractivity contribution in [3.05, 3.63) is 48.3 Å². The van der Waals surface area contributed by atoms with Crippen LogP contribution in [0.1, 0.15) is 37.4 Å². The lowest BCUT2D eigenvalue weighted by Gasteiger charge is -2.22. The molecule has 29 heavy (non-hydrogen) atoms. The third-order valence-corrected chi connectivity index (χ3v) is 7.93. The average Bonchev–Trinajstić information content (AvgIpc) is 3.44. The summed E-state index contributed by atoms with van der Waals surface area (Å²) in [6.07, 6.45) is 6.01. The van der Waals surface area contributed by atoms with E-state index in [1.807, 2.05) is 19.3 Å². The Labute approximate surface area is 172 Å². The van der Waals surface area contributed by atoms with Crippen LogP contribution in [0.3, 0.4) is 0 Å². The van der Waals surface area contributed by atoms with Crippen molar-refractivity contribution in [3.63, 3.8) is 0 Å². The van der Waals surface area contributed by atoms with E-state index < -0.39 is 10.0 Å². The molecule has 1 aromatic heterocycles. The van der Waals surface area contributed by atoms with Crippen molar-refractivity contribution in [2.24, 2.45) is 7.05 Å². The van der Waals surface area contributed by atoms with E-state index in [1.54, 1.807) is 24.3 Å². The number of likely N-dealkylation sites (tertiary alicyclic amines) is 1. The van der Waals surface area contributed by atoms with E-state index in [0.29, 0.717) is 31.4 Å². The van der Waals surface area contributed by atoms with Crippen molar-refractivity contribution in [1.29, 1.82) is 0 Å². The second-order valence-corrected chi connectivity index (χ2v) is 9.95. The molecule has 2 aliphatic heterocycles. The summed E-state index contributed by atoms with van der Waals surface area (Å²) in [6, 6.07) is 11.1. The largest absolute Gasteiger partial charge is 0.350 e. The van der Waals surface area contributed by atoms with Gasteiger partial charge in [0.05, 0.1) is 17.1 Å². The van der Waals surface area contributed by atoms with Crippen LogP contribution < -0.4 is 10.2 Å². The third-order valence-electron chi connectivity index (χ3n) is 6.03. The van der Waals surface area contributed by atoms with E-state index in [-0.39, 0.29) is 10.8 Å². The van der Waals surface area contributed by atoms with E-state index in [2.05, 4.69) is 16.0 Å². The molecule has 2 aromatic rings. The highest BCUT2D eigenvalue weighted by Gasteiger charge is 2.33. The van der Waals surface area contributed by atoms with E-state index in [0.717, 1.165) is 32.2 Å². The summed E-state index contributed by atoms with van der Waals surface area (Å²) in [5.74, 6) is -0.0863. The highest BCUT2D eigenvalue weighted by Crippen LogP contribution is 2.23. The number of anilines is 1. The number of aromatic nitrogens is 1. The minimum atomic E-state index is -3.49. The van der Waals surface area contributed by atoms with Gasteiger partial charge in [-0.2, -0.15) is 4.31 Å². The maximum Gasteiger partial charge on any atom is 0.279 e. The number of quaternary nitrogens is 1. The first-order valence-corrected chi connectivity index (χ1v) is 11.7. The molecule has 8 heteroatoms. The van der Waals surface area contributed by atoms with Crippen LogP contribution in [0.5, 0.6) is 0 Å². The van der Waals surface area contributed by atoms with E-state index in [1.165, 1.54) is 14.9 Å². The van der Waals surface area contributed by atoms with Gasteiger partial charge in [0, 0.05) is 44.9 Å². The summed E-state index contributed by atoms with van der Waals surface area (Å²) in [4.78, 5) is 14.2. The van der Waals surface area contributed by atoms with Crippen molar-refractivity contribution in [1.82, 2.24) is 8.87 Å². The van der Waals surface area contributed by atoms with Crippen LogP contribution >= 0.6 is 0 Å². The molecular weight excluding hydrogens is 388 g/mol. The Morgan fingerprint density at radius 2 is 1.97 bits per heavy atom. The van der Waals surface area contributed by atoms with Gasteiger partial charge in [-0.3, -0.25) is 4.79 Å². The lowest BCUT2D eigenvalue weighted by molar-refractivity contribution is -0.910. The van der Waals surface area contributed by atoms with Crippen LogP contribution in [-0.2, 0) is 21.9 Å². The van der Waals surface area contributed by atoms with Gasteiger partial charge in [-0.05, 0) is 43.2 Å². The Bertz CT molecular complexity index is 979. The summed E-state index contributed by atoms with van der Waals surface area (Å²) in [7, 11) is -1.45. The SMILES string of the molecule is Cn1cccc1[C@H]1CCC[NH+]1CC(=O)Nc1cccc(S(=O)(=O)N2CCCC2)c1. The van der Waals surface area contributed by atoms with Crippen LogP contribution in [-0.4, -0.2) is 49.4 Å². The van der Waals surface area contributed by atoms with Gasteiger partial charge in [-0.25, -0.2) is 8.42 Å². The van der Waals surface area contributed by atoms with E-state index in [9.17, 15) is 13.2 Å². The Morgan fingerprint density at radius 3 is 2.69 bits per heavy atom. The predicted molar refractivity (Wildman–Crippen MR) is 111 cm³/mol. The van der Waals surface area contributed by atoms with Gasteiger partial charge < -0.3 is 14.8 Å². The summed E-state index contributed by atoms with van der Waals surface area (Å²) in [5, 5.41) is 2.90. The standard InChI is InChI=1S/C21H28N4O3S/c1-23-11-5-9-19(23)20-10-6-12-24(20)16-21(26)22-17-7-4-8-18(15-17)29(27,28)25-13-2-3-14-25/h4-5,7-9,11,15,20H,2-3,6,10,12-14,16H2,1H3,(H,22,26)/p+1/t20-/m1/s1. The molecule has 0 saturated carbocycles. The number of carbonyl (C=O) groups excluding carboxylic acids is 1. The van der Waals surface area contributed by atoms with Gasteiger partial charge in [0.15, 0.2) is 6.54 Å². The summed E-state index contributed by atoms with van der Waals surface area (Å²) in [5.41, 5.74) is 1.79. The number of carbonyl (C=O) groups is 1. The second-order valence-electron chi connectivity index (χ2n) is 8.01. The molecule has 0 bridgehead atoms. The normalized spacial score (nSPS) is 22.8. The van der Waals surface area contributed by atoms with Crippen molar-refractivity contribution in [2.45, 2.75) is 36.6 Å². The molecule has 7 nitrogen and oxygen atoms in total. The van der Waals surface area contributed by atoms with Gasteiger partial charge in [0.1, 0.15) is 6.04 Å². The van der Waals surface area contributed by atoms with Crippen molar-refractivity contribution in [3.8, 4) is 0 Å².